The summed E-state index contributed by atoms with van der Waals surface area (Å²) in [6.07, 6.45) is 13.3. The molecule has 0 aromatic carbocycles. The van der Waals surface area contributed by atoms with Gasteiger partial charge in [0.05, 0.1) is 0 Å². The van der Waals surface area contributed by atoms with Gasteiger partial charge in [-0.2, -0.15) is 0 Å². The van der Waals surface area contributed by atoms with E-state index in [2.05, 4.69) is 42.5 Å². The van der Waals surface area contributed by atoms with E-state index in [0.717, 1.165) is 0 Å². The molecular formula is C12H27PTe+. The standard InChI is InChI=1S/C12H27PTe/c1-4-7-10-13(14,11-8-5-2)12-9-6-3/h4-12H2,1-3H3/q+1. The molecule has 1 radical (unpaired) electrons. The van der Waals surface area contributed by atoms with E-state index >= 15 is 0 Å². The molecule has 0 spiro atoms. The van der Waals surface area contributed by atoms with E-state index in [4.69, 9.17) is 0 Å². The fourth-order valence-corrected chi connectivity index (χ4v) is 8.34. The van der Waals surface area contributed by atoms with Gasteiger partial charge in [-0.3, -0.25) is 0 Å². The van der Waals surface area contributed by atoms with Crippen molar-refractivity contribution in [2.45, 2.75) is 59.3 Å². The van der Waals surface area contributed by atoms with Crippen molar-refractivity contribution in [1.29, 1.82) is 0 Å². The van der Waals surface area contributed by atoms with E-state index in [-0.39, 0.29) is 0 Å². The zero-order chi connectivity index (χ0) is 10.9. The Morgan fingerprint density at radius 1 is 0.714 bits per heavy atom. The van der Waals surface area contributed by atoms with Crippen molar-refractivity contribution in [1.82, 2.24) is 0 Å². The minimum atomic E-state index is -0.509. The van der Waals surface area contributed by atoms with Crippen LogP contribution in [-0.4, -0.2) is 40.2 Å². The van der Waals surface area contributed by atoms with E-state index < -0.39 is 4.95 Å². The molecule has 0 N–H and O–H groups in total. The van der Waals surface area contributed by atoms with Crippen LogP contribution in [0.3, 0.4) is 0 Å². The van der Waals surface area contributed by atoms with E-state index in [9.17, 15) is 0 Å². The molecule has 0 saturated heterocycles. The second-order valence-electron chi connectivity index (χ2n) is 4.29. The first-order valence-electron chi connectivity index (χ1n) is 6.25. The second kappa shape index (κ2) is 9.45. The van der Waals surface area contributed by atoms with E-state index in [1.165, 1.54) is 38.5 Å². The van der Waals surface area contributed by atoms with Crippen LogP contribution in [0.25, 0.3) is 0 Å². The molecule has 0 aromatic rings. The fourth-order valence-electron chi connectivity index (χ4n) is 1.67. The maximum atomic E-state index is 2.54. The van der Waals surface area contributed by atoms with Crippen molar-refractivity contribution in [3.63, 3.8) is 0 Å². The number of hydrogen-bond acceptors (Lipinski definition) is 0. The first-order chi connectivity index (χ1) is 6.68. The molecule has 2 heteroatoms. The van der Waals surface area contributed by atoms with Gasteiger partial charge in [0.2, 0.25) is 0 Å². The summed E-state index contributed by atoms with van der Waals surface area (Å²) in [6.45, 7) is 6.97. The average molecular weight is 330 g/mol. The van der Waals surface area contributed by atoms with Crippen LogP contribution in [0, 0.1) is 0 Å². The van der Waals surface area contributed by atoms with Gasteiger partial charge in [0.15, 0.2) is 0 Å². The van der Waals surface area contributed by atoms with Crippen LogP contribution in [0.2, 0.25) is 0 Å². The molecule has 14 heavy (non-hydrogen) atoms. The summed E-state index contributed by atoms with van der Waals surface area (Å²) in [4.78, 5) is -0.509. The SMILES string of the molecule is CCCC[P+]([Te])(CCCC)CCCC. The molecule has 85 valence electrons. The van der Waals surface area contributed by atoms with Crippen molar-refractivity contribution in [3.8, 4) is 0 Å². The fraction of sp³-hybridized carbons (Fsp3) is 1.00. The van der Waals surface area contributed by atoms with Crippen molar-refractivity contribution in [3.05, 3.63) is 0 Å². The zero-order valence-electron chi connectivity index (χ0n) is 10.2. The molecule has 0 nitrogen and oxygen atoms in total. The Hall–Kier alpha value is 1.22. The van der Waals surface area contributed by atoms with Crippen molar-refractivity contribution in [2.24, 2.45) is 0 Å². The normalized spacial score (nSPS) is 12.0. The van der Waals surface area contributed by atoms with Gasteiger partial charge in [-0.1, -0.05) is 0 Å². The number of unbranched alkanes of at least 4 members (excludes halogenated alkanes) is 3. The third-order valence-corrected chi connectivity index (χ3v) is 10.8. The molecule has 0 heterocycles. The summed E-state index contributed by atoms with van der Waals surface area (Å²) >= 11 is 2.54. The molecule has 0 rings (SSSR count). The Balaban J connectivity index is 3.89. The summed E-state index contributed by atoms with van der Waals surface area (Å²) in [5.74, 6) is 0. The molecule has 0 aliphatic rings. The van der Waals surface area contributed by atoms with Gasteiger partial charge in [0.25, 0.3) is 0 Å². The van der Waals surface area contributed by atoms with Gasteiger partial charge in [-0.15, -0.1) is 0 Å². The van der Waals surface area contributed by atoms with E-state index in [1.54, 1.807) is 18.5 Å². The average Bonchev–Trinajstić information content (AvgIpc) is 2.21. The van der Waals surface area contributed by atoms with Crippen LogP contribution in [0.15, 0.2) is 0 Å². The van der Waals surface area contributed by atoms with Crippen LogP contribution in [0.1, 0.15) is 59.3 Å². The Labute approximate surface area is 104 Å². The summed E-state index contributed by atoms with van der Waals surface area (Å²) in [5, 5.41) is 0. The Kier molecular flexibility index (Phi) is 10.3. The Morgan fingerprint density at radius 2 is 1.00 bits per heavy atom. The quantitative estimate of drug-likeness (QED) is 0.432. The molecule has 0 amide bonds. The monoisotopic (exact) mass is 332 g/mol. The molecule has 0 saturated carbocycles. The third-order valence-electron chi connectivity index (χ3n) is 2.76. The molecule has 0 fully saturated rings. The van der Waals surface area contributed by atoms with Gasteiger partial charge in [0.1, 0.15) is 0 Å². The van der Waals surface area contributed by atoms with Crippen molar-refractivity contribution < 1.29 is 0 Å². The van der Waals surface area contributed by atoms with Gasteiger partial charge in [0, 0.05) is 0 Å². The van der Waals surface area contributed by atoms with Crippen LogP contribution in [0.5, 0.6) is 0 Å². The summed E-state index contributed by atoms with van der Waals surface area (Å²) in [5.41, 5.74) is 0. The molecule has 0 unspecified atom stereocenters. The summed E-state index contributed by atoms with van der Waals surface area (Å²) < 4.78 is 0. The molecule has 0 aliphatic heterocycles. The maximum absolute atomic E-state index is 2.54. The van der Waals surface area contributed by atoms with E-state index in [1.807, 2.05) is 0 Å². The van der Waals surface area contributed by atoms with E-state index in [0.29, 0.717) is 0 Å². The number of hydrogen-bond donors (Lipinski definition) is 0. The minimum absolute atomic E-state index is 0.509. The molecule has 0 aromatic heterocycles. The Morgan fingerprint density at radius 3 is 1.21 bits per heavy atom. The summed E-state index contributed by atoms with van der Waals surface area (Å²) in [7, 11) is 0. The van der Waals surface area contributed by atoms with Gasteiger partial charge in [-0.25, -0.2) is 0 Å². The third kappa shape index (κ3) is 7.50. The van der Waals surface area contributed by atoms with Crippen molar-refractivity contribution >= 4 is 26.7 Å². The van der Waals surface area contributed by atoms with Gasteiger partial charge in [-0.05, 0) is 0 Å². The first kappa shape index (κ1) is 15.2. The first-order valence-corrected chi connectivity index (χ1v) is 11.6. The van der Waals surface area contributed by atoms with Gasteiger partial charge < -0.3 is 0 Å². The van der Waals surface area contributed by atoms with Crippen LogP contribution >= 0.6 is 4.95 Å². The summed E-state index contributed by atoms with van der Waals surface area (Å²) in [6, 6.07) is 0. The van der Waals surface area contributed by atoms with Crippen LogP contribution in [0.4, 0.5) is 0 Å². The molecule has 0 atom stereocenters. The predicted molar refractivity (Wildman–Crippen MR) is 72.0 cm³/mol. The van der Waals surface area contributed by atoms with Crippen LogP contribution < -0.4 is 0 Å². The number of rotatable bonds is 9. The predicted octanol–water partition coefficient (Wildman–Crippen LogP) is 4.49. The second-order valence-corrected chi connectivity index (χ2v) is 14.4. The van der Waals surface area contributed by atoms with Crippen molar-refractivity contribution in [2.75, 3.05) is 18.5 Å². The van der Waals surface area contributed by atoms with Crippen LogP contribution in [-0.2, 0) is 0 Å². The molecule has 0 aliphatic carbocycles. The topological polar surface area (TPSA) is 0 Å². The zero-order valence-corrected chi connectivity index (χ0v) is 13.4. The molecular weight excluding hydrogens is 303 g/mol. The molecule has 0 bridgehead atoms. The Bertz CT molecular complexity index is 104. The van der Waals surface area contributed by atoms with Gasteiger partial charge >= 0.3 is 104 Å².